The molecule has 0 aliphatic rings. The number of rotatable bonds is 5. The molecule has 2 rings (SSSR count). The zero-order valence-electron chi connectivity index (χ0n) is 10.7. The smallest absolute Gasteiger partial charge is 0.322 e. The van der Waals surface area contributed by atoms with Crippen LogP contribution in [0.1, 0.15) is 5.82 Å². The summed E-state index contributed by atoms with van der Waals surface area (Å²) in [6, 6.07) is 9.32. The van der Waals surface area contributed by atoms with E-state index in [4.69, 9.17) is 5.11 Å². The zero-order chi connectivity index (χ0) is 14.5. The summed E-state index contributed by atoms with van der Waals surface area (Å²) in [7, 11) is 0. The number of benzene rings is 1. The number of hydrogen-bond acceptors (Lipinski definition) is 5. The highest BCUT2D eigenvalue weighted by molar-refractivity contribution is 9.10. The van der Waals surface area contributed by atoms with Crippen molar-refractivity contribution in [2.75, 3.05) is 17.2 Å². The number of halogens is 1. The number of aromatic nitrogens is 2. The average Bonchev–Trinajstić information content (AvgIpc) is 2.35. The first kappa shape index (κ1) is 14.3. The van der Waals surface area contributed by atoms with E-state index in [1.807, 2.05) is 24.3 Å². The molecule has 104 valence electrons. The van der Waals surface area contributed by atoms with Gasteiger partial charge in [-0.1, -0.05) is 22.0 Å². The molecule has 2 aromatic rings. The average molecular weight is 337 g/mol. The van der Waals surface area contributed by atoms with Gasteiger partial charge >= 0.3 is 5.97 Å². The fourth-order valence-electron chi connectivity index (χ4n) is 1.60. The summed E-state index contributed by atoms with van der Waals surface area (Å²) in [5.74, 6) is 0.682. The lowest BCUT2D eigenvalue weighted by atomic mass is 10.3. The van der Waals surface area contributed by atoms with Gasteiger partial charge in [0.15, 0.2) is 0 Å². The van der Waals surface area contributed by atoms with Gasteiger partial charge in [0.05, 0.1) is 0 Å². The number of nitrogens with zero attached hydrogens (tertiary/aromatic N) is 2. The van der Waals surface area contributed by atoms with Crippen LogP contribution in [-0.4, -0.2) is 27.6 Å². The summed E-state index contributed by atoms with van der Waals surface area (Å²) in [5.41, 5.74) is 0.877. The second kappa shape index (κ2) is 6.33. The van der Waals surface area contributed by atoms with E-state index in [0.29, 0.717) is 17.5 Å². The summed E-state index contributed by atoms with van der Waals surface area (Å²) in [5, 5.41) is 14.5. The fraction of sp³-hybridized carbons (Fsp3) is 0.154. The Balaban J connectivity index is 2.17. The maximum absolute atomic E-state index is 10.5. The highest BCUT2D eigenvalue weighted by atomic mass is 79.9. The lowest BCUT2D eigenvalue weighted by molar-refractivity contribution is -0.134. The summed E-state index contributed by atoms with van der Waals surface area (Å²) in [4.78, 5) is 18.9. The molecule has 1 heterocycles. The Hall–Kier alpha value is -2.15. The summed E-state index contributed by atoms with van der Waals surface area (Å²) < 4.78 is 0.956. The van der Waals surface area contributed by atoms with Crippen molar-refractivity contribution in [1.29, 1.82) is 0 Å². The van der Waals surface area contributed by atoms with Gasteiger partial charge in [0.2, 0.25) is 0 Å². The van der Waals surface area contributed by atoms with Gasteiger partial charge in [-0.25, -0.2) is 9.97 Å². The molecular weight excluding hydrogens is 324 g/mol. The molecule has 0 amide bonds. The minimum Gasteiger partial charge on any atom is -0.480 e. The topological polar surface area (TPSA) is 87.1 Å². The van der Waals surface area contributed by atoms with Gasteiger partial charge < -0.3 is 15.7 Å². The fourth-order valence-corrected chi connectivity index (χ4v) is 2.00. The van der Waals surface area contributed by atoms with Crippen LogP contribution < -0.4 is 10.6 Å². The van der Waals surface area contributed by atoms with Gasteiger partial charge in [0.1, 0.15) is 24.0 Å². The largest absolute Gasteiger partial charge is 0.480 e. The normalized spacial score (nSPS) is 10.1. The van der Waals surface area contributed by atoms with Crippen LogP contribution in [0, 0.1) is 6.92 Å². The third-order valence-corrected chi connectivity index (χ3v) is 2.85. The van der Waals surface area contributed by atoms with Crippen LogP contribution in [0.3, 0.4) is 0 Å². The van der Waals surface area contributed by atoms with Crippen molar-refractivity contribution >= 4 is 39.2 Å². The van der Waals surface area contributed by atoms with Gasteiger partial charge in [-0.2, -0.15) is 0 Å². The number of hydrogen-bond donors (Lipinski definition) is 3. The molecule has 1 aromatic carbocycles. The predicted octanol–water partition coefficient (Wildman–Crippen LogP) is 2.79. The minimum absolute atomic E-state index is 0.188. The second-order valence-electron chi connectivity index (χ2n) is 4.07. The van der Waals surface area contributed by atoms with E-state index in [-0.39, 0.29) is 6.54 Å². The molecule has 7 heteroatoms. The molecule has 0 radical (unpaired) electrons. The Bertz CT molecular complexity index is 634. The van der Waals surface area contributed by atoms with E-state index in [1.165, 1.54) is 0 Å². The molecule has 3 N–H and O–H groups in total. The van der Waals surface area contributed by atoms with Crippen LogP contribution in [0.15, 0.2) is 34.8 Å². The number of aryl methyl sites for hydroxylation is 1. The zero-order valence-corrected chi connectivity index (χ0v) is 12.3. The Labute approximate surface area is 124 Å². The second-order valence-corrected chi connectivity index (χ2v) is 4.98. The molecule has 0 unspecified atom stereocenters. The van der Waals surface area contributed by atoms with Crippen LogP contribution in [0.25, 0.3) is 0 Å². The van der Waals surface area contributed by atoms with Crippen molar-refractivity contribution in [2.45, 2.75) is 6.92 Å². The molecule has 0 aliphatic heterocycles. The molecule has 0 aliphatic carbocycles. The molecule has 1 aromatic heterocycles. The van der Waals surface area contributed by atoms with Gasteiger partial charge in [0.25, 0.3) is 0 Å². The van der Waals surface area contributed by atoms with Crippen molar-refractivity contribution in [2.24, 2.45) is 0 Å². The minimum atomic E-state index is -0.942. The summed E-state index contributed by atoms with van der Waals surface area (Å²) in [6.45, 7) is 1.56. The first-order valence-corrected chi connectivity index (χ1v) is 6.66. The number of carboxylic acids is 1. The van der Waals surface area contributed by atoms with Crippen molar-refractivity contribution in [3.05, 3.63) is 40.6 Å². The lowest BCUT2D eigenvalue weighted by Crippen LogP contribution is -2.14. The summed E-state index contributed by atoms with van der Waals surface area (Å²) in [6.07, 6.45) is 0. The molecule has 20 heavy (non-hydrogen) atoms. The third kappa shape index (κ3) is 4.20. The van der Waals surface area contributed by atoms with Gasteiger partial charge in [0, 0.05) is 16.2 Å². The van der Waals surface area contributed by atoms with Crippen molar-refractivity contribution < 1.29 is 9.90 Å². The number of aliphatic carboxylic acids is 1. The van der Waals surface area contributed by atoms with Crippen molar-refractivity contribution in [3.63, 3.8) is 0 Å². The van der Waals surface area contributed by atoms with E-state index >= 15 is 0 Å². The van der Waals surface area contributed by atoms with Crippen LogP contribution in [0.4, 0.5) is 17.3 Å². The van der Waals surface area contributed by atoms with Crippen LogP contribution in [-0.2, 0) is 4.79 Å². The van der Waals surface area contributed by atoms with Crippen molar-refractivity contribution in [1.82, 2.24) is 9.97 Å². The predicted molar refractivity (Wildman–Crippen MR) is 80.3 cm³/mol. The molecule has 0 atom stereocenters. The number of carbonyl (C=O) groups is 1. The van der Waals surface area contributed by atoms with E-state index in [0.717, 1.165) is 10.2 Å². The lowest BCUT2D eigenvalue weighted by Gasteiger charge is -2.09. The Morgan fingerprint density at radius 2 is 2.05 bits per heavy atom. The molecule has 0 spiro atoms. The van der Waals surface area contributed by atoms with E-state index in [2.05, 4.69) is 36.5 Å². The molecule has 0 saturated heterocycles. The molecule has 0 bridgehead atoms. The highest BCUT2D eigenvalue weighted by Crippen LogP contribution is 2.20. The van der Waals surface area contributed by atoms with Crippen LogP contribution in [0.2, 0.25) is 0 Å². The number of anilines is 3. The Kier molecular flexibility index (Phi) is 4.52. The first-order chi connectivity index (χ1) is 9.52. The number of nitrogens with one attached hydrogen (secondary N) is 2. The van der Waals surface area contributed by atoms with E-state index in [1.54, 1.807) is 13.0 Å². The molecular formula is C13H13BrN4O2. The first-order valence-electron chi connectivity index (χ1n) is 5.87. The van der Waals surface area contributed by atoms with Gasteiger partial charge in [-0.3, -0.25) is 4.79 Å². The third-order valence-electron chi connectivity index (χ3n) is 2.36. The monoisotopic (exact) mass is 336 g/mol. The molecule has 0 saturated carbocycles. The van der Waals surface area contributed by atoms with E-state index in [9.17, 15) is 4.79 Å². The van der Waals surface area contributed by atoms with Gasteiger partial charge in [-0.05, 0) is 25.1 Å². The standard InChI is InChI=1S/C13H13BrN4O2/c1-8-16-11(15-7-13(19)20)6-12(17-8)18-10-4-2-3-9(14)5-10/h2-6H,7H2,1H3,(H,19,20)(H2,15,16,17,18). The van der Waals surface area contributed by atoms with Gasteiger partial charge in [-0.15, -0.1) is 0 Å². The number of carboxylic acid groups (broad SMARTS) is 1. The van der Waals surface area contributed by atoms with Crippen molar-refractivity contribution in [3.8, 4) is 0 Å². The maximum atomic E-state index is 10.5. The van der Waals surface area contributed by atoms with E-state index < -0.39 is 5.97 Å². The van der Waals surface area contributed by atoms with Crippen LogP contribution >= 0.6 is 15.9 Å². The maximum Gasteiger partial charge on any atom is 0.322 e. The highest BCUT2D eigenvalue weighted by Gasteiger charge is 2.04. The SMILES string of the molecule is Cc1nc(NCC(=O)O)cc(Nc2cccc(Br)c2)n1. The Morgan fingerprint density at radius 1 is 1.30 bits per heavy atom. The summed E-state index contributed by atoms with van der Waals surface area (Å²) >= 11 is 3.39. The molecule has 0 fully saturated rings. The quantitative estimate of drug-likeness (QED) is 0.778. The van der Waals surface area contributed by atoms with Crippen LogP contribution in [0.5, 0.6) is 0 Å². The Morgan fingerprint density at radius 3 is 2.75 bits per heavy atom. The molecule has 6 nitrogen and oxygen atoms in total.